The minimum absolute atomic E-state index is 0.127. The lowest BCUT2D eigenvalue weighted by atomic mass is 9.88. The van der Waals surface area contributed by atoms with Gasteiger partial charge in [-0.1, -0.05) is 54.4 Å². The predicted octanol–water partition coefficient (Wildman–Crippen LogP) is 5.90. The lowest BCUT2D eigenvalue weighted by Crippen LogP contribution is -2.58. The number of carbonyl (C=O) groups excluding carboxylic acids is 2. The Morgan fingerprint density at radius 1 is 0.977 bits per heavy atom. The van der Waals surface area contributed by atoms with Crippen LogP contribution in [0.1, 0.15) is 24.0 Å². The maximum absolute atomic E-state index is 14.7. The molecule has 8 nitrogen and oxygen atoms in total. The number of hydrogen-bond donors (Lipinski definition) is 3. The first-order chi connectivity index (χ1) is 21.3. The Kier molecular flexibility index (Phi) is 9.03. The van der Waals surface area contributed by atoms with Crippen LogP contribution in [0.25, 0.3) is 10.9 Å². The highest BCUT2D eigenvalue weighted by molar-refractivity contribution is 6.31. The third kappa shape index (κ3) is 6.25. The second-order valence-corrected chi connectivity index (χ2v) is 12.7. The van der Waals surface area contributed by atoms with Gasteiger partial charge in [-0.05, 0) is 79.5 Å². The number of piperazine rings is 1. The van der Waals surface area contributed by atoms with Crippen LogP contribution in [0.5, 0.6) is 0 Å². The molecule has 6 rings (SSSR count). The molecule has 1 fully saturated rings. The van der Waals surface area contributed by atoms with E-state index in [4.69, 9.17) is 23.2 Å². The maximum Gasteiger partial charge on any atom is 0.318 e. The summed E-state index contributed by atoms with van der Waals surface area (Å²) in [6, 6.07) is 20.5. The second kappa shape index (κ2) is 13.1. The number of H-pyrrole nitrogens is 1. The number of anilines is 2. The van der Waals surface area contributed by atoms with Crippen LogP contribution < -0.4 is 20.4 Å². The summed E-state index contributed by atoms with van der Waals surface area (Å²) in [6.45, 7) is 5.77. The van der Waals surface area contributed by atoms with Crippen LogP contribution in [-0.4, -0.2) is 74.2 Å². The molecule has 3 aromatic carbocycles. The number of halogens is 2. The molecule has 2 aliphatic rings. The summed E-state index contributed by atoms with van der Waals surface area (Å²) < 4.78 is 0. The van der Waals surface area contributed by atoms with Crippen LogP contribution >= 0.6 is 23.2 Å². The van der Waals surface area contributed by atoms with E-state index >= 15 is 0 Å². The molecule has 4 aromatic rings. The Morgan fingerprint density at radius 3 is 2.52 bits per heavy atom. The number of urea groups is 1. The number of hydrogen-bond acceptors (Lipinski definition) is 4. The predicted molar refractivity (Wildman–Crippen MR) is 179 cm³/mol. The fourth-order valence-corrected chi connectivity index (χ4v) is 7.01. The summed E-state index contributed by atoms with van der Waals surface area (Å²) in [5.41, 5.74) is 4.92. The number of rotatable bonds is 7. The lowest BCUT2D eigenvalue weighted by Gasteiger charge is -2.40. The zero-order valence-corrected chi connectivity index (χ0v) is 26.5. The highest BCUT2D eigenvalue weighted by Gasteiger charge is 2.38. The molecule has 0 radical (unpaired) electrons. The summed E-state index contributed by atoms with van der Waals surface area (Å²) in [5.74, 6) is -0.205. The van der Waals surface area contributed by atoms with Crippen molar-refractivity contribution in [3.8, 4) is 0 Å². The average molecular weight is 634 g/mol. The Balaban J connectivity index is 1.28. The molecule has 0 bridgehead atoms. The van der Waals surface area contributed by atoms with Crippen LogP contribution in [0.4, 0.5) is 16.2 Å². The quantitative estimate of drug-likeness (QED) is 0.237. The Bertz CT molecular complexity index is 1650. The summed E-state index contributed by atoms with van der Waals surface area (Å²) in [4.78, 5) is 37.7. The van der Waals surface area contributed by atoms with Crippen molar-refractivity contribution < 1.29 is 9.59 Å². The van der Waals surface area contributed by atoms with Crippen molar-refractivity contribution in [2.45, 2.75) is 25.3 Å². The van der Waals surface area contributed by atoms with Gasteiger partial charge in [0.05, 0.1) is 0 Å². The number of nitrogens with zero attached hydrogens (tertiary/aromatic N) is 3. The summed E-state index contributed by atoms with van der Waals surface area (Å²) >= 11 is 12.6. The van der Waals surface area contributed by atoms with E-state index in [9.17, 15) is 9.59 Å². The van der Waals surface area contributed by atoms with E-state index in [1.807, 2.05) is 85.7 Å². The number of amides is 3. The van der Waals surface area contributed by atoms with Crippen molar-refractivity contribution in [2.75, 3.05) is 56.1 Å². The van der Waals surface area contributed by atoms with Crippen LogP contribution in [0.3, 0.4) is 0 Å². The maximum atomic E-state index is 14.7. The normalized spacial score (nSPS) is 18.2. The van der Waals surface area contributed by atoms with E-state index in [0.29, 0.717) is 42.8 Å². The van der Waals surface area contributed by atoms with Gasteiger partial charge in [0.15, 0.2) is 0 Å². The second-order valence-electron chi connectivity index (χ2n) is 11.8. The lowest BCUT2D eigenvalue weighted by molar-refractivity contribution is -0.121. The molecule has 3 amide bonds. The Morgan fingerprint density at radius 2 is 1.75 bits per heavy atom. The van der Waals surface area contributed by atoms with Crippen molar-refractivity contribution in [1.82, 2.24) is 20.5 Å². The van der Waals surface area contributed by atoms with Crippen LogP contribution in [0.15, 0.2) is 72.9 Å². The molecule has 0 aliphatic carbocycles. The van der Waals surface area contributed by atoms with Crippen molar-refractivity contribution in [1.29, 1.82) is 0 Å². The van der Waals surface area contributed by atoms with Crippen molar-refractivity contribution in [3.63, 3.8) is 0 Å². The first-order valence-corrected chi connectivity index (χ1v) is 15.9. The number of carbonyl (C=O) groups is 2. The number of aromatic nitrogens is 1. The average Bonchev–Trinajstić information content (AvgIpc) is 3.47. The highest BCUT2D eigenvalue weighted by atomic mass is 35.5. The number of fused-ring (bicyclic) bond motifs is 2. The largest absolute Gasteiger partial charge is 0.368 e. The van der Waals surface area contributed by atoms with Gasteiger partial charge in [0.1, 0.15) is 6.04 Å². The van der Waals surface area contributed by atoms with E-state index in [-0.39, 0.29) is 23.8 Å². The molecule has 10 heteroatoms. The van der Waals surface area contributed by atoms with Gasteiger partial charge in [-0.3, -0.25) is 4.79 Å². The van der Waals surface area contributed by atoms with Crippen LogP contribution in [0, 0.1) is 5.92 Å². The molecular weight excluding hydrogens is 595 g/mol. The van der Waals surface area contributed by atoms with Gasteiger partial charge >= 0.3 is 6.03 Å². The molecule has 0 spiro atoms. The van der Waals surface area contributed by atoms with Gasteiger partial charge in [0, 0.05) is 77.2 Å². The van der Waals surface area contributed by atoms with E-state index in [0.717, 1.165) is 46.4 Å². The van der Waals surface area contributed by atoms with E-state index in [1.165, 1.54) is 0 Å². The molecule has 3 atom stereocenters. The van der Waals surface area contributed by atoms with Crippen molar-refractivity contribution >= 4 is 57.4 Å². The molecule has 230 valence electrons. The molecule has 3 heterocycles. The number of aromatic amines is 1. The van der Waals surface area contributed by atoms with E-state index in [2.05, 4.69) is 26.6 Å². The van der Waals surface area contributed by atoms with Gasteiger partial charge < -0.3 is 30.3 Å². The Labute approximate surface area is 268 Å². The molecule has 2 unspecified atom stereocenters. The monoisotopic (exact) mass is 632 g/mol. The molecule has 1 aromatic heterocycles. The molecule has 44 heavy (non-hydrogen) atoms. The van der Waals surface area contributed by atoms with Gasteiger partial charge in [-0.25, -0.2) is 4.79 Å². The first-order valence-electron chi connectivity index (χ1n) is 15.2. The SMILES string of the molecule is CNC[C@H]1Cc2cc(Cl)ccc2N(C(=O)C(NC(=O)N2CCN(c3cccc(Cl)c3)CC2)C(C)c2c[nH]c3ccccc23)C1. The zero-order valence-electron chi connectivity index (χ0n) is 25.0. The Hall–Kier alpha value is -3.72. The van der Waals surface area contributed by atoms with Crippen LogP contribution in [-0.2, 0) is 11.2 Å². The minimum Gasteiger partial charge on any atom is -0.368 e. The van der Waals surface area contributed by atoms with E-state index in [1.54, 1.807) is 4.90 Å². The third-order valence-corrected chi connectivity index (χ3v) is 9.41. The van der Waals surface area contributed by atoms with Crippen LogP contribution in [0.2, 0.25) is 10.0 Å². The molecule has 0 saturated carbocycles. The molecule has 2 aliphatic heterocycles. The molecule has 1 saturated heterocycles. The summed E-state index contributed by atoms with van der Waals surface area (Å²) in [7, 11) is 1.92. The van der Waals surface area contributed by atoms with Crippen molar-refractivity contribution in [3.05, 3.63) is 94.1 Å². The smallest absolute Gasteiger partial charge is 0.318 e. The van der Waals surface area contributed by atoms with Gasteiger partial charge in [0.25, 0.3) is 0 Å². The molecule has 3 N–H and O–H groups in total. The standard InChI is InChI=1S/C34H38Cl2N6O2/c1-22(29-20-38-30-9-4-3-8-28(29)30)32(33(43)42-21-23(19-37-2)16-24-17-26(36)10-11-31(24)42)39-34(44)41-14-12-40(13-15-41)27-7-5-6-25(35)18-27/h3-11,17-18,20,22-23,32,37-38H,12-16,19,21H2,1-2H3,(H,39,44)/t22?,23-,32?/m1/s1. The fourth-order valence-electron chi connectivity index (χ4n) is 6.63. The molecular formula is C34H38Cl2N6O2. The minimum atomic E-state index is -0.787. The number of para-hydroxylation sites is 1. The van der Waals surface area contributed by atoms with E-state index < -0.39 is 6.04 Å². The number of nitrogens with one attached hydrogen (secondary N) is 3. The third-order valence-electron chi connectivity index (χ3n) is 8.94. The fraction of sp³-hybridized carbons (Fsp3) is 0.353. The first kappa shape index (κ1) is 30.3. The summed E-state index contributed by atoms with van der Waals surface area (Å²) in [5, 5.41) is 8.84. The van der Waals surface area contributed by atoms with Crippen molar-refractivity contribution in [2.24, 2.45) is 5.92 Å². The van der Waals surface area contributed by atoms with Gasteiger partial charge in [-0.15, -0.1) is 0 Å². The highest BCUT2D eigenvalue weighted by Crippen LogP contribution is 2.35. The summed E-state index contributed by atoms with van der Waals surface area (Å²) in [6.07, 6.45) is 2.78. The zero-order chi connectivity index (χ0) is 30.8. The van der Waals surface area contributed by atoms with Gasteiger partial charge in [0.2, 0.25) is 5.91 Å². The topological polar surface area (TPSA) is 83.7 Å². The number of benzene rings is 3. The van der Waals surface area contributed by atoms with Gasteiger partial charge in [-0.2, -0.15) is 0 Å².